The molecule has 2 atom stereocenters. The van der Waals surface area contributed by atoms with Crippen LogP contribution in [0.1, 0.15) is 33.1 Å². The largest absolute Gasteiger partial charge is 0.387 e. The van der Waals surface area contributed by atoms with Gasteiger partial charge in [-0.1, -0.05) is 33.5 Å². The van der Waals surface area contributed by atoms with Crippen LogP contribution < -0.4 is 5.32 Å². The summed E-state index contributed by atoms with van der Waals surface area (Å²) >= 11 is 0. The molecule has 2 aliphatic rings. The average molecular weight is 250 g/mol. The van der Waals surface area contributed by atoms with Gasteiger partial charge in [0.15, 0.2) is 0 Å². The molecule has 17 heavy (non-hydrogen) atoms. The summed E-state index contributed by atoms with van der Waals surface area (Å²) in [5.41, 5.74) is 4.70. The molecule has 0 bridgehead atoms. The first-order chi connectivity index (χ1) is 8.22. The summed E-state index contributed by atoms with van der Waals surface area (Å²) in [7, 11) is 2.91. The van der Waals surface area contributed by atoms with Gasteiger partial charge < -0.3 is 5.32 Å². The van der Waals surface area contributed by atoms with Gasteiger partial charge in [-0.3, -0.25) is 4.67 Å². The second-order valence-electron chi connectivity index (χ2n) is 4.89. The van der Waals surface area contributed by atoms with Crippen molar-refractivity contribution in [2.75, 3.05) is 13.1 Å². The van der Waals surface area contributed by atoms with E-state index in [4.69, 9.17) is 0 Å². The minimum absolute atomic E-state index is 0.577. The summed E-state index contributed by atoms with van der Waals surface area (Å²) in [6.07, 6.45) is 10.1. The molecule has 0 saturated heterocycles. The van der Waals surface area contributed by atoms with E-state index in [0.717, 1.165) is 13.0 Å². The molecule has 3 heteroatoms. The van der Waals surface area contributed by atoms with Crippen molar-refractivity contribution in [1.29, 1.82) is 0 Å². The third-order valence-electron chi connectivity index (χ3n) is 3.80. The van der Waals surface area contributed by atoms with Crippen LogP contribution in [0.15, 0.2) is 35.1 Å². The van der Waals surface area contributed by atoms with E-state index in [0.29, 0.717) is 6.04 Å². The second kappa shape index (κ2) is 5.84. The minimum Gasteiger partial charge on any atom is -0.387 e. The first kappa shape index (κ1) is 12.9. The maximum atomic E-state index is 3.21. The molecule has 1 N–H and O–H groups in total. The number of dihydropyridines is 1. The Morgan fingerprint density at radius 3 is 3.00 bits per heavy atom. The lowest BCUT2D eigenvalue weighted by molar-refractivity contribution is 0.359. The van der Waals surface area contributed by atoms with Crippen LogP contribution in [-0.4, -0.2) is 23.8 Å². The minimum atomic E-state index is 0.577. The molecule has 0 saturated carbocycles. The Kier molecular flexibility index (Phi) is 4.42. The van der Waals surface area contributed by atoms with E-state index >= 15 is 0 Å². The van der Waals surface area contributed by atoms with Gasteiger partial charge in [-0.2, -0.15) is 0 Å². The van der Waals surface area contributed by atoms with Gasteiger partial charge >= 0.3 is 0 Å². The highest BCUT2D eigenvalue weighted by Gasteiger charge is 2.25. The van der Waals surface area contributed by atoms with Crippen LogP contribution in [0.3, 0.4) is 0 Å². The Balaban J connectivity index is 2.14. The van der Waals surface area contributed by atoms with Gasteiger partial charge in [0, 0.05) is 19.1 Å². The maximum Gasteiger partial charge on any atom is 0.0382 e. The lowest BCUT2D eigenvalue weighted by Gasteiger charge is -2.36. The van der Waals surface area contributed by atoms with Crippen LogP contribution in [-0.2, 0) is 0 Å². The first-order valence-electron chi connectivity index (χ1n) is 6.51. The number of nitrogens with one attached hydrogen (secondary N) is 1. The van der Waals surface area contributed by atoms with Crippen molar-refractivity contribution in [3.63, 3.8) is 0 Å². The van der Waals surface area contributed by atoms with E-state index < -0.39 is 0 Å². The van der Waals surface area contributed by atoms with E-state index in [9.17, 15) is 0 Å². The number of nitrogens with zero attached hydrogens (tertiary/aromatic N) is 1. The lowest BCUT2D eigenvalue weighted by atomic mass is 9.89. The van der Waals surface area contributed by atoms with Gasteiger partial charge in [-0.15, -0.1) is 0 Å². The molecular weight excluding hydrogens is 227 g/mol. The van der Waals surface area contributed by atoms with Crippen LogP contribution in [0.25, 0.3) is 0 Å². The van der Waals surface area contributed by atoms with E-state index in [1.54, 1.807) is 11.1 Å². The fraction of sp³-hybridized carbons (Fsp3) is 0.571. The van der Waals surface area contributed by atoms with Crippen molar-refractivity contribution < 1.29 is 0 Å². The van der Waals surface area contributed by atoms with Gasteiger partial charge in [0.05, 0.1) is 0 Å². The quantitative estimate of drug-likeness (QED) is 0.612. The van der Waals surface area contributed by atoms with Gasteiger partial charge in [-0.05, 0) is 44.0 Å². The van der Waals surface area contributed by atoms with Crippen LogP contribution in [0.4, 0.5) is 0 Å². The summed E-state index contributed by atoms with van der Waals surface area (Å²) in [4.78, 5) is 0. The van der Waals surface area contributed by atoms with Crippen molar-refractivity contribution in [2.24, 2.45) is 0 Å². The zero-order valence-electron chi connectivity index (χ0n) is 10.9. The number of allylic oxidation sites excluding steroid dienone is 1. The topological polar surface area (TPSA) is 15.3 Å². The van der Waals surface area contributed by atoms with Crippen LogP contribution in [0, 0.1) is 0 Å². The Labute approximate surface area is 107 Å². The SMILES string of the molecule is CCC1=C(C)CCN(P)C1CC1=CCNC=C1. The summed E-state index contributed by atoms with van der Waals surface area (Å²) in [5, 5.41) is 3.21. The average Bonchev–Trinajstić information content (AvgIpc) is 2.35. The monoisotopic (exact) mass is 250 g/mol. The molecule has 0 aromatic rings. The first-order valence-corrected chi connectivity index (χ1v) is 7.02. The standard InChI is InChI=1S/C14H23N2P/c1-3-13-11(2)6-9-16(17)14(13)10-12-4-7-15-8-5-12/h4-5,7,14-15H,3,6,8-10,17H2,1-2H3. The van der Waals surface area contributed by atoms with Crippen LogP contribution >= 0.6 is 9.39 Å². The van der Waals surface area contributed by atoms with E-state index in [2.05, 4.69) is 51.6 Å². The van der Waals surface area contributed by atoms with Gasteiger partial charge in [0.2, 0.25) is 0 Å². The van der Waals surface area contributed by atoms with Gasteiger partial charge in [0.25, 0.3) is 0 Å². The fourth-order valence-corrected chi connectivity index (χ4v) is 3.16. The Bertz CT molecular complexity index is 368. The summed E-state index contributed by atoms with van der Waals surface area (Å²) < 4.78 is 2.43. The molecule has 0 aromatic heterocycles. The predicted molar refractivity (Wildman–Crippen MR) is 77.7 cm³/mol. The summed E-state index contributed by atoms with van der Waals surface area (Å²) in [6.45, 7) is 6.72. The Hall–Kier alpha value is -0.590. The highest BCUT2D eigenvalue weighted by atomic mass is 31.0. The maximum absolute atomic E-state index is 3.21. The third kappa shape index (κ3) is 3.00. The van der Waals surface area contributed by atoms with Crippen LogP contribution in [0.5, 0.6) is 0 Å². The van der Waals surface area contributed by atoms with Gasteiger partial charge in [-0.25, -0.2) is 0 Å². The predicted octanol–water partition coefficient (Wildman–Crippen LogP) is 3.01. The van der Waals surface area contributed by atoms with Crippen molar-refractivity contribution in [2.45, 2.75) is 39.2 Å². The number of hydrogen-bond acceptors (Lipinski definition) is 2. The molecule has 2 aliphatic heterocycles. The summed E-state index contributed by atoms with van der Waals surface area (Å²) in [5.74, 6) is 0. The highest BCUT2D eigenvalue weighted by Crippen LogP contribution is 2.32. The zero-order valence-corrected chi connectivity index (χ0v) is 12.0. The highest BCUT2D eigenvalue weighted by molar-refractivity contribution is 7.13. The van der Waals surface area contributed by atoms with E-state index in [1.807, 2.05) is 0 Å². The fourth-order valence-electron chi connectivity index (χ4n) is 2.74. The van der Waals surface area contributed by atoms with Crippen molar-refractivity contribution in [1.82, 2.24) is 9.99 Å². The molecule has 0 radical (unpaired) electrons. The zero-order chi connectivity index (χ0) is 12.3. The molecule has 2 rings (SSSR count). The Morgan fingerprint density at radius 2 is 2.35 bits per heavy atom. The third-order valence-corrected chi connectivity index (χ3v) is 4.42. The second-order valence-corrected chi connectivity index (χ2v) is 5.55. The van der Waals surface area contributed by atoms with E-state index in [-0.39, 0.29) is 0 Å². The number of rotatable bonds is 3. The smallest absolute Gasteiger partial charge is 0.0382 e. The van der Waals surface area contributed by atoms with Crippen molar-refractivity contribution in [3.05, 3.63) is 35.1 Å². The Morgan fingerprint density at radius 1 is 1.53 bits per heavy atom. The molecular formula is C14H23N2P. The molecule has 2 heterocycles. The molecule has 0 fully saturated rings. The number of hydrogen-bond donors (Lipinski definition) is 1. The molecule has 0 amide bonds. The normalized spacial score (nSPS) is 25.8. The molecule has 0 aromatic carbocycles. The summed E-state index contributed by atoms with van der Waals surface area (Å²) in [6, 6.07) is 0.577. The molecule has 0 aliphatic carbocycles. The molecule has 0 spiro atoms. The van der Waals surface area contributed by atoms with Crippen LogP contribution in [0.2, 0.25) is 0 Å². The molecule has 2 nitrogen and oxygen atoms in total. The van der Waals surface area contributed by atoms with Crippen molar-refractivity contribution >= 4 is 9.39 Å². The molecule has 94 valence electrons. The van der Waals surface area contributed by atoms with Crippen molar-refractivity contribution in [3.8, 4) is 0 Å². The van der Waals surface area contributed by atoms with E-state index in [1.165, 1.54) is 25.0 Å². The lowest BCUT2D eigenvalue weighted by Crippen LogP contribution is -2.34. The molecule has 2 unspecified atom stereocenters. The van der Waals surface area contributed by atoms with Gasteiger partial charge in [0.1, 0.15) is 0 Å².